The van der Waals surface area contributed by atoms with E-state index in [0.717, 1.165) is 12.8 Å². The lowest BCUT2D eigenvalue weighted by atomic mass is 10.1. The molecule has 0 amide bonds. The predicted molar refractivity (Wildman–Crippen MR) is 62.6 cm³/mol. The normalized spacial score (nSPS) is 17.7. The number of hydrogen-bond acceptors (Lipinski definition) is 3. The van der Waals surface area contributed by atoms with E-state index in [2.05, 4.69) is 5.10 Å². The van der Waals surface area contributed by atoms with Crippen LogP contribution in [0.5, 0.6) is 0 Å². The van der Waals surface area contributed by atoms with E-state index >= 15 is 0 Å². The van der Waals surface area contributed by atoms with Gasteiger partial charge in [0.25, 0.3) is 5.56 Å². The average Bonchev–Trinajstić information content (AvgIpc) is 2.32. The van der Waals surface area contributed by atoms with E-state index < -0.39 is 5.56 Å². The third-order valence-corrected chi connectivity index (χ3v) is 3.68. The summed E-state index contributed by atoms with van der Waals surface area (Å²) < 4.78 is 6.51. The van der Waals surface area contributed by atoms with Gasteiger partial charge in [0.15, 0.2) is 5.15 Å². The number of ether oxygens (including phenoxy) is 1. The molecule has 1 aliphatic rings. The van der Waals surface area contributed by atoms with Gasteiger partial charge < -0.3 is 4.74 Å². The van der Waals surface area contributed by atoms with E-state index in [1.807, 2.05) is 0 Å². The average molecular weight is 284 g/mol. The van der Waals surface area contributed by atoms with Gasteiger partial charge >= 0.3 is 0 Å². The molecule has 1 aliphatic heterocycles. The number of halogens is 3. The standard InChI is InChI=1S/C9H9Cl3N2O2/c10-6-7(11)9(15)14(13-8(6)12)5-1-3-16-4-2-5/h5H,1-4H2. The first kappa shape index (κ1) is 12.2. The van der Waals surface area contributed by atoms with E-state index in [9.17, 15) is 4.79 Å². The molecule has 0 aliphatic carbocycles. The summed E-state index contributed by atoms with van der Waals surface area (Å²) in [5.41, 5.74) is -0.400. The van der Waals surface area contributed by atoms with E-state index in [4.69, 9.17) is 39.5 Å². The summed E-state index contributed by atoms with van der Waals surface area (Å²) in [7, 11) is 0. The van der Waals surface area contributed by atoms with Gasteiger partial charge in [-0.15, -0.1) is 0 Å². The van der Waals surface area contributed by atoms with Gasteiger partial charge in [0.1, 0.15) is 10.0 Å². The van der Waals surface area contributed by atoms with Gasteiger partial charge in [0.05, 0.1) is 6.04 Å². The summed E-state index contributed by atoms with van der Waals surface area (Å²) in [6.45, 7) is 1.22. The van der Waals surface area contributed by atoms with Gasteiger partial charge in [-0.1, -0.05) is 34.8 Å². The Morgan fingerprint density at radius 1 is 1.19 bits per heavy atom. The van der Waals surface area contributed by atoms with Crippen molar-refractivity contribution in [2.45, 2.75) is 18.9 Å². The van der Waals surface area contributed by atoms with Crippen LogP contribution in [0.4, 0.5) is 0 Å². The highest BCUT2D eigenvalue weighted by molar-refractivity contribution is 6.47. The third kappa shape index (κ3) is 2.20. The predicted octanol–water partition coefficient (Wildman–Crippen LogP) is 2.56. The maximum absolute atomic E-state index is 11.8. The lowest BCUT2D eigenvalue weighted by Crippen LogP contribution is -2.31. The van der Waals surface area contributed by atoms with Gasteiger partial charge in [-0.3, -0.25) is 4.79 Å². The van der Waals surface area contributed by atoms with Crippen LogP contribution in [0.1, 0.15) is 18.9 Å². The van der Waals surface area contributed by atoms with E-state index in [0.29, 0.717) is 13.2 Å². The molecule has 0 atom stereocenters. The zero-order valence-electron chi connectivity index (χ0n) is 8.25. The number of nitrogens with zero attached hydrogens (tertiary/aromatic N) is 2. The summed E-state index contributed by atoms with van der Waals surface area (Å²) in [4.78, 5) is 11.8. The molecule has 1 aromatic heterocycles. The second kappa shape index (κ2) is 4.92. The molecule has 0 radical (unpaired) electrons. The molecule has 4 nitrogen and oxygen atoms in total. The third-order valence-electron chi connectivity index (χ3n) is 2.50. The summed E-state index contributed by atoms with van der Waals surface area (Å²) in [5, 5.41) is 3.94. The minimum Gasteiger partial charge on any atom is -0.381 e. The highest BCUT2D eigenvalue weighted by atomic mass is 35.5. The van der Waals surface area contributed by atoms with E-state index in [1.54, 1.807) is 0 Å². The molecular weight excluding hydrogens is 274 g/mol. The maximum Gasteiger partial charge on any atom is 0.287 e. The molecule has 2 rings (SSSR count). The Labute approximate surface area is 107 Å². The summed E-state index contributed by atoms with van der Waals surface area (Å²) in [5.74, 6) is 0. The fraction of sp³-hybridized carbons (Fsp3) is 0.556. The Morgan fingerprint density at radius 3 is 2.44 bits per heavy atom. The van der Waals surface area contributed by atoms with Gasteiger partial charge in [0, 0.05) is 13.2 Å². The zero-order chi connectivity index (χ0) is 11.7. The zero-order valence-corrected chi connectivity index (χ0v) is 10.5. The van der Waals surface area contributed by atoms with E-state index in [1.165, 1.54) is 4.68 Å². The molecule has 0 unspecified atom stereocenters. The SMILES string of the molecule is O=c1c(Cl)c(Cl)c(Cl)nn1C1CCOCC1. The quantitative estimate of drug-likeness (QED) is 0.795. The lowest BCUT2D eigenvalue weighted by molar-refractivity contribution is 0.0648. The van der Waals surface area contributed by atoms with Crippen molar-refractivity contribution in [2.75, 3.05) is 13.2 Å². The minimum absolute atomic E-state index is 0.0108. The topological polar surface area (TPSA) is 44.1 Å². The van der Waals surface area contributed by atoms with Crippen LogP contribution in [0.25, 0.3) is 0 Å². The largest absolute Gasteiger partial charge is 0.381 e. The Balaban J connectivity index is 2.44. The molecule has 1 saturated heterocycles. The van der Waals surface area contributed by atoms with Gasteiger partial charge in [-0.2, -0.15) is 5.10 Å². The van der Waals surface area contributed by atoms with Crippen LogP contribution in [-0.4, -0.2) is 23.0 Å². The smallest absolute Gasteiger partial charge is 0.287 e. The van der Waals surface area contributed by atoms with Crippen molar-refractivity contribution in [2.24, 2.45) is 0 Å². The molecule has 16 heavy (non-hydrogen) atoms. The molecule has 88 valence electrons. The molecular formula is C9H9Cl3N2O2. The molecule has 0 aromatic carbocycles. The Bertz CT molecular complexity index is 455. The van der Waals surface area contributed by atoms with Crippen molar-refractivity contribution >= 4 is 34.8 Å². The van der Waals surface area contributed by atoms with Crippen LogP contribution in [0, 0.1) is 0 Å². The fourth-order valence-electron chi connectivity index (χ4n) is 1.65. The molecule has 2 heterocycles. The van der Waals surface area contributed by atoms with Crippen LogP contribution in [0.3, 0.4) is 0 Å². The Kier molecular flexibility index (Phi) is 3.74. The fourth-order valence-corrected chi connectivity index (χ4v) is 2.17. The molecule has 0 spiro atoms. The van der Waals surface area contributed by atoms with Crippen LogP contribution in [0.15, 0.2) is 4.79 Å². The van der Waals surface area contributed by atoms with Gasteiger partial charge in [-0.05, 0) is 12.8 Å². The van der Waals surface area contributed by atoms with Crippen LogP contribution in [0.2, 0.25) is 15.2 Å². The van der Waals surface area contributed by atoms with Crippen molar-refractivity contribution in [3.8, 4) is 0 Å². The summed E-state index contributed by atoms with van der Waals surface area (Å²) in [6.07, 6.45) is 1.45. The molecule has 0 bridgehead atoms. The molecule has 0 saturated carbocycles. The van der Waals surface area contributed by atoms with Crippen molar-refractivity contribution in [1.29, 1.82) is 0 Å². The van der Waals surface area contributed by atoms with Gasteiger partial charge in [-0.25, -0.2) is 4.68 Å². The minimum atomic E-state index is -0.400. The first-order valence-corrected chi connectivity index (χ1v) is 5.95. The summed E-state index contributed by atoms with van der Waals surface area (Å²) in [6, 6.07) is -0.0199. The first-order chi connectivity index (χ1) is 7.61. The molecule has 1 aromatic rings. The number of rotatable bonds is 1. The van der Waals surface area contributed by atoms with Crippen molar-refractivity contribution < 1.29 is 4.74 Å². The lowest BCUT2D eigenvalue weighted by Gasteiger charge is -2.23. The second-order valence-corrected chi connectivity index (χ2v) is 4.63. The van der Waals surface area contributed by atoms with Crippen molar-refractivity contribution in [3.05, 3.63) is 25.6 Å². The number of hydrogen-bond donors (Lipinski definition) is 0. The Morgan fingerprint density at radius 2 is 1.81 bits per heavy atom. The first-order valence-electron chi connectivity index (χ1n) is 4.82. The molecule has 0 N–H and O–H groups in total. The number of aromatic nitrogens is 2. The Hall–Kier alpha value is -0.290. The highest BCUT2D eigenvalue weighted by Gasteiger charge is 2.21. The molecule has 7 heteroatoms. The summed E-state index contributed by atoms with van der Waals surface area (Å²) >= 11 is 17.3. The maximum atomic E-state index is 11.8. The second-order valence-electron chi connectivity index (χ2n) is 3.51. The van der Waals surface area contributed by atoms with Crippen LogP contribution >= 0.6 is 34.8 Å². The van der Waals surface area contributed by atoms with Crippen LogP contribution in [-0.2, 0) is 4.74 Å². The van der Waals surface area contributed by atoms with E-state index in [-0.39, 0.29) is 21.2 Å². The van der Waals surface area contributed by atoms with Gasteiger partial charge in [0.2, 0.25) is 0 Å². The molecule has 1 fully saturated rings. The van der Waals surface area contributed by atoms with Crippen molar-refractivity contribution in [1.82, 2.24) is 9.78 Å². The monoisotopic (exact) mass is 282 g/mol. The van der Waals surface area contributed by atoms with Crippen LogP contribution < -0.4 is 5.56 Å². The van der Waals surface area contributed by atoms with Crippen molar-refractivity contribution in [3.63, 3.8) is 0 Å². The highest BCUT2D eigenvalue weighted by Crippen LogP contribution is 2.26.